The van der Waals surface area contributed by atoms with Gasteiger partial charge in [0.05, 0.1) is 31.2 Å². The highest BCUT2D eigenvalue weighted by Crippen LogP contribution is 2.09. The maximum Gasteiger partial charge on any atom is 0.341 e. The largest absolute Gasteiger partial charge is 0.462 e. The Hall–Kier alpha value is -2.15. The number of carbonyl (C=O) groups is 1. The van der Waals surface area contributed by atoms with Gasteiger partial charge in [-0.3, -0.25) is 4.68 Å². The molecular formula is C12H16N4O3. The van der Waals surface area contributed by atoms with Gasteiger partial charge in [0.2, 0.25) is 0 Å². The van der Waals surface area contributed by atoms with E-state index in [1.165, 1.54) is 6.20 Å². The van der Waals surface area contributed by atoms with Crippen molar-refractivity contribution in [1.82, 2.24) is 20.3 Å². The Labute approximate surface area is 110 Å². The van der Waals surface area contributed by atoms with Gasteiger partial charge in [0.25, 0.3) is 0 Å². The van der Waals surface area contributed by atoms with Crippen molar-refractivity contribution in [3.63, 3.8) is 0 Å². The number of nitrogens with one attached hydrogen (secondary N) is 1. The molecule has 2 heterocycles. The van der Waals surface area contributed by atoms with Crippen LogP contribution >= 0.6 is 0 Å². The third kappa shape index (κ3) is 3.19. The lowest BCUT2D eigenvalue weighted by molar-refractivity contribution is 0.0524. The molecule has 102 valence electrons. The first-order chi connectivity index (χ1) is 9.22. The van der Waals surface area contributed by atoms with Crippen LogP contribution in [0.3, 0.4) is 0 Å². The summed E-state index contributed by atoms with van der Waals surface area (Å²) >= 11 is 0. The number of aromatic nitrogens is 3. The molecule has 7 heteroatoms. The maximum atomic E-state index is 11.7. The fourth-order valence-electron chi connectivity index (χ4n) is 1.69. The Balaban J connectivity index is 1.99. The monoisotopic (exact) mass is 264 g/mol. The molecule has 19 heavy (non-hydrogen) atoms. The van der Waals surface area contributed by atoms with Crippen LogP contribution < -0.4 is 5.32 Å². The second-order valence-corrected chi connectivity index (χ2v) is 3.93. The molecule has 0 atom stereocenters. The van der Waals surface area contributed by atoms with E-state index in [0.717, 1.165) is 11.5 Å². The molecule has 0 saturated heterocycles. The highest BCUT2D eigenvalue weighted by molar-refractivity contribution is 5.90. The lowest BCUT2D eigenvalue weighted by Gasteiger charge is -2.06. The minimum absolute atomic E-state index is 0.346. The molecule has 0 bridgehead atoms. The third-order valence-corrected chi connectivity index (χ3v) is 2.64. The summed E-state index contributed by atoms with van der Waals surface area (Å²) < 4.78 is 11.6. The zero-order chi connectivity index (χ0) is 13.7. The summed E-state index contributed by atoms with van der Waals surface area (Å²) in [6.45, 7) is 3.15. The molecule has 2 aromatic heterocycles. The standard InChI is InChI=1S/C12H16N4O3/c1-3-18-12(17)10-7-14-16(2)11(10)8-13-6-9-4-5-15-19-9/h4-5,7,13H,3,6,8H2,1-2H3. The lowest BCUT2D eigenvalue weighted by atomic mass is 10.2. The van der Waals surface area contributed by atoms with E-state index >= 15 is 0 Å². The quantitative estimate of drug-likeness (QED) is 0.780. The van der Waals surface area contributed by atoms with Gasteiger partial charge >= 0.3 is 5.97 Å². The molecule has 0 aliphatic carbocycles. The number of carbonyl (C=O) groups excluding carboxylic acids is 1. The molecule has 2 aromatic rings. The Morgan fingerprint density at radius 1 is 1.53 bits per heavy atom. The van der Waals surface area contributed by atoms with Crippen LogP contribution in [0.25, 0.3) is 0 Å². The zero-order valence-corrected chi connectivity index (χ0v) is 10.9. The lowest BCUT2D eigenvalue weighted by Crippen LogP contribution is -2.18. The van der Waals surface area contributed by atoms with Gasteiger partial charge in [-0.15, -0.1) is 0 Å². The average Bonchev–Trinajstić information content (AvgIpc) is 3.01. The molecule has 0 spiro atoms. The molecule has 0 aliphatic heterocycles. The van der Waals surface area contributed by atoms with E-state index in [-0.39, 0.29) is 5.97 Å². The second kappa shape index (κ2) is 6.14. The Kier molecular flexibility index (Phi) is 4.30. The van der Waals surface area contributed by atoms with Crippen molar-refractivity contribution in [3.05, 3.63) is 35.5 Å². The normalized spacial score (nSPS) is 10.6. The predicted molar refractivity (Wildman–Crippen MR) is 66.2 cm³/mol. The van der Waals surface area contributed by atoms with E-state index in [4.69, 9.17) is 9.26 Å². The molecule has 0 fully saturated rings. The van der Waals surface area contributed by atoms with Crippen molar-refractivity contribution in [2.45, 2.75) is 20.0 Å². The summed E-state index contributed by atoms with van der Waals surface area (Å²) in [5.74, 6) is 0.381. The van der Waals surface area contributed by atoms with Crippen molar-refractivity contribution in [2.75, 3.05) is 6.61 Å². The van der Waals surface area contributed by atoms with Gasteiger partial charge < -0.3 is 14.6 Å². The van der Waals surface area contributed by atoms with Crippen LogP contribution in [-0.4, -0.2) is 27.5 Å². The summed E-state index contributed by atoms with van der Waals surface area (Å²) in [5.41, 5.74) is 1.26. The predicted octanol–water partition coefficient (Wildman–Crippen LogP) is 0.875. The Bertz CT molecular complexity index is 533. The number of nitrogens with zero attached hydrogens (tertiary/aromatic N) is 3. The molecule has 0 aliphatic rings. The topological polar surface area (TPSA) is 82.2 Å². The van der Waals surface area contributed by atoms with Crippen molar-refractivity contribution >= 4 is 5.97 Å². The van der Waals surface area contributed by atoms with Crippen molar-refractivity contribution in [2.24, 2.45) is 7.05 Å². The van der Waals surface area contributed by atoms with Crippen molar-refractivity contribution < 1.29 is 14.1 Å². The molecule has 0 amide bonds. The SMILES string of the molecule is CCOC(=O)c1cnn(C)c1CNCc1ccno1. The highest BCUT2D eigenvalue weighted by Gasteiger charge is 2.16. The van der Waals surface area contributed by atoms with E-state index in [9.17, 15) is 4.79 Å². The molecule has 2 rings (SSSR count). The first kappa shape index (κ1) is 13.3. The summed E-state index contributed by atoms with van der Waals surface area (Å²) in [5, 5.41) is 10.9. The molecule has 0 unspecified atom stereocenters. The minimum Gasteiger partial charge on any atom is -0.462 e. The molecule has 7 nitrogen and oxygen atoms in total. The van der Waals surface area contributed by atoms with E-state index in [2.05, 4.69) is 15.6 Å². The third-order valence-electron chi connectivity index (χ3n) is 2.64. The Morgan fingerprint density at radius 2 is 2.37 bits per heavy atom. The fourth-order valence-corrected chi connectivity index (χ4v) is 1.69. The number of esters is 1. The molecule has 1 N–H and O–H groups in total. The van der Waals surface area contributed by atoms with Gasteiger partial charge in [0.1, 0.15) is 11.3 Å². The number of aryl methyl sites for hydroxylation is 1. The summed E-state index contributed by atoms with van der Waals surface area (Å²) in [7, 11) is 1.79. The van der Waals surface area contributed by atoms with Crippen LogP contribution in [0.4, 0.5) is 0 Å². The van der Waals surface area contributed by atoms with Crippen LogP contribution in [-0.2, 0) is 24.9 Å². The van der Waals surface area contributed by atoms with Gasteiger partial charge in [-0.1, -0.05) is 5.16 Å². The van der Waals surface area contributed by atoms with Crippen LogP contribution in [0.1, 0.15) is 28.7 Å². The summed E-state index contributed by atoms with van der Waals surface area (Å²) in [4.78, 5) is 11.7. The van der Waals surface area contributed by atoms with Gasteiger partial charge in [0, 0.05) is 19.7 Å². The second-order valence-electron chi connectivity index (χ2n) is 3.93. The van der Waals surface area contributed by atoms with Gasteiger partial charge in [-0.2, -0.15) is 5.10 Å². The first-order valence-electron chi connectivity index (χ1n) is 6.00. The van der Waals surface area contributed by atoms with E-state index in [1.54, 1.807) is 30.9 Å². The minimum atomic E-state index is -0.355. The van der Waals surface area contributed by atoms with Crippen LogP contribution in [0.5, 0.6) is 0 Å². The molecular weight excluding hydrogens is 248 g/mol. The fraction of sp³-hybridized carbons (Fsp3) is 0.417. The number of rotatable bonds is 6. The first-order valence-corrected chi connectivity index (χ1v) is 6.00. The van der Waals surface area contributed by atoms with E-state index in [1.807, 2.05) is 0 Å². The number of hydrogen-bond acceptors (Lipinski definition) is 6. The van der Waals surface area contributed by atoms with Crippen molar-refractivity contribution in [1.29, 1.82) is 0 Å². The van der Waals surface area contributed by atoms with E-state index < -0.39 is 0 Å². The van der Waals surface area contributed by atoms with Crippen LogP contribution in [0, 0.1) is 0 Å². The molecule has 0 saturated carbocycles. The molecule has 0 radical (unpaired) electrons. The van der Waals surface area contributed by atoms with Crippen LogP contribution in [0.15, 0.2) is 23.0 Å². The van der Waals surface area contributed by atoms with Crippen molar-refractivity contribution in [3.8, 4) is 0 Å². The van der Waals surface area contributed by atoms with E-state index in [0.29, 0.717) is 25.3 Å². The maximum absolute atomic E-state index is 11.7. The summed E-state index contributed by atoms with van der Waals surface area (Å²) in [6, 6.07) is 1.78. The average molecular weight is 264 g/mol. The van der Waals surface area contributed by atoms with Gasteiger partial charge in [0.15, 0.2) is 0 Å². The summed E-state index contributed by atoms with van der Waals surface area (Å²) in [6.07, 6.45) is 3.11. The van der Waals surface area contributed by atoms with Gasteiger partial charge in [-0.05, 0) is 6.92 Å². The van der Waals surface area contributed by atoms with Gasteiger partial charge in [-0.25, -0.2) is 4.79 Å². The van der Waals surface area contributed by atoms with Crippen LogP contribution in [0.2, 0.25) is 0 Å². The zero-order valence-electron chi connectivity index (χ0n) is 10.9. The molecule has 0 aromatic carbocycles. The number of ether oxygens (including phenoxy) is 1. The number of hydrogen-bond donors (Lipinski definition) is 1. The Morgan fingerprint density at radius 3 is 3.05 bits per heavy atom. The smallest absolute Gasteiger partial charge is 0.341 e. The highest BCUT2D eigenvalue weighted by atomic mass is 16.5.